The summed E-state index contributed by atoms with van der Waals surface area (Å²) in [6.45, 7) is 4.63. The standard InChI is InChI=1S/C14H20FN3OS/c1-2-12-9-18(5-6-20-12)8-11-7-10(14(19)17-16)3-4-13(11)15/h3-4,7,12H,2,5-6,8-9,16H2,1H3,(H,17,19). The third-order valence-electron chi connectivity index (χ3n) is 3.51. The zero-order valence-corrected chi connectivity index (χ0v) is 12.4. The van der Waals surface area contributed by atoms with Gasteiger partial charge in [0.25, 0.3) is 5.91 Å². The number of carbonyl (C=O) groups is 1. The summed E-state index contributed by atoms with van der Waals surface area (Å²) in [5.74, 6) is 5.51. The van der Waals surface area contributed by atoms with Gasteiger partial charge in [0.15, 0.2) is 0 Å². The molecule has 1 aromatic rings. The summed E-state index contributed by atoms with van der Waals surface area (Å²) in [5.41, 5.74) is 3.01. The molecule has 2 rings (SSSR count). The molecule has 20 heavy (non-hydrogen) atoms. The van der Waals surface area contributed by atoms with Gasteiger partial charge in [-0.1, -0.05) is 6.92 Å². The molecule has 0 saturated carbocycles. The van der Waals surface area contributed by atoms with Gasteiger partial charge in [-0.25, -0.2) is 10.2 Å². The number of hydrogen-bond donors (Lipinski definition) is 2. The first-order chi connectivity index (χ1) is 9.63. The quantitative estimate of drug-likeness (QED) is 0.505. The number of nitrogen functional groups attached to an aromatic ring is 1. The summed E-state index contributed by atoms with van der Waals surface area (Å²) < 4.78 is 13.9. The predicted molar refractivity (Wildman–Crippen MR) is 79.9 cm³/mol. The molecule has 6 heteroatoms. The lowest BCUT2D eigenvalue weighted by Crippen LogP contribution is -2.37. The maximum Gasteiger partial charge on any atom is 0.265 e. The number of thioether (sulfide) groups is 1. The van der Waals surface area contributed by atoms with Crippen LogP contribution in [0.15, 0.2) is 18.2 Å². The van der Waals surface area contributed by atoms with Gasteiger partial charge in [-0.15, -0.1) is 0 Å². The van der Waals surface area contributed by atoms with E-state index in [1.165, 1.54) is 12.1 Å². The highest BCUT2D eigenvalue weighted by Crippen LogP contribution is 2.23. The van der Waals surface area contributed by atoms with Crippen molar-refractivity contribution < 1.29 is 9.18 Å². The molecule has 0 bridgehead atoms. The molecule has 1 amide bonds. The predicted octanol–water partition coefficient (Wildman–Crippen LogP) is 1.76. The van der Waals surface area contributed by atoms with E-state index in [-0.39, 0.29) is 5.82 Å². The number of hydrogen-bond acceptors (Lipinski definition) is 4. The van der Waals surface area contributed by atoms with Crippen molar-refractivity contribution in [3.63, 3.8) is 0 Å². The minimum absolute atomic E-state index is 0.273. The van der Waals surface area contributed by atoms with Crippen molar-refractivity contribution in [2.24, 2.45) is 5.84 Å². The molecule has 1 fully saturated rings. The van der Waals surface area contributed by atoms with Crippen LogP contribution in [0.1, 0.15) is 29.3 Å². The molecule has 1 atom stereocenters. The summed E-state index contributed by atoms with van der Waals surface area (Å²) in [6.07, 6.45) is 1.12. The highest BCUT2D eigenvalue weighted by molar-refractivity contribution is 8.00. The number of nitrogens with zero attached hydrogens (tertiary/aromatic N) is 1. The van der Waals surface area contributed by atoms with Crippen LogP contribution in [-0.2, 0) is 6.54 Å². The van der Waals surface area contributed by atoms with Crippen molar-refractivity contribution in [3.05, 3.63) is 35.1 Å². The van der Waals surface area contributed by atoms with Gasteiger partial charge in [0, 0.05) is 41.8 Å². The Balaban J connectivity index is 2.10. The number of halogens is 1. The lowest BCUT2D eigenvalue weighted by atomic mass is 10.1. The van der Waals surface area contributed by atoms with Gasteiger partial charge in [-0.3, -0.25) is 15.1 Å². The highest BCUT2D eigenvalue weighted by Gasteiger charge is 2.20. The van der Waals surface area contributed by atoms with Crippen LogP contribution in [0.25, 0.3) is 0 Å². The van der Waals surface area contributed by atoms with Gasteiger partial charge in [0.05, 0.1) is 0 Å². The summed E-state index contributed by atoms with van der Waals surface area (Å²) in [5, 5.41) is 0.613. The number of carbonyl (C=O) groups excluding carboxylic acids is 1. The first-order valence-corrected chi connectivity index (χ1v) is 7.82. The summed E-state index contributed by atoms with van der Waals surface area (Å²) in [4.78, 5) is 13.7. The van der Waals surface area contributed by atoms with Gasteiger partial charge < -0.3 is 0 Å². The molecule has 0 spiro atoms. The molecule has 1 saturated heterocycles. The van der Waals surface area contributed by atoms with Crippen molar-refractivity contribution >= 4 is 17.7 Å². The van der Waals surface area contributed by atoms with Crippen molar-refractivity contribution in [2.45, 2.75) is 25.1 Å². The fraction of sp³-hybridized carbons (Fsp3) is 0.500. The van der Waals surface area contributed by atoms with E-state index in [4.69, 9.17) is 5.84 Å². The van der Waals surface area contributed by atoms with E-state index in [0.717, 1.165) is 25.3 Å². The van der Waals surface area contributed by atoms with Gasteiger partial charge in [0.2, 0.25) is 0 Å². The summed E-state index contributed by atoms with van der Waals surface area (Å²) in [7, 11) is 0. The number of hydrazine groups is 1. The van der Waals surface area contributed by atoms with Crippen LogP contribution >= 0.6 is 11.8 Å². The average Bonchev–Trinajstić information content (AvgIpc) is 2.49. The molecule has 0 aromatic heterocycles. The maximum absolute atomic E-state index is 13.9. The Hall–Kier alpha value is -1.11. The number of nitrogens with one attached hydrogen (secondary N) is 1. The van der Waals surface area contributed by atoms with E-state index < -0.39 is 5.91 Å². The van der Waals surface area contributed by atoms with Crippen LogP contribution < -0.4 is 11.3 Å². The Bertz CT molecular complexity index is 483. The largest absolute Gasteiger partial charge is 0.297 e. The number of nitrogens with two attached hydrogens (primary N) is 1. The van der Waals surface area contributed by atoms with E-state index in [2.05, 4.69) is 17.2 Å². The van der Waals surface area contributed by atoms with Gasteiger partial charge in [-0.05, 0) is 24.6 Å². The second-order valence-electron chi connectivity index (χ2n) is 4.92. The molecule has 4 nitrogen and oxygen atoms in total. The topological polar surface area (TPSA) is 58.4 Å². The Morgan fingerprint density at radius 2 is 2.40 bits per heavy atom. The van der Waals surface area contributed by atoms with E-state index in [0.29, 0.717) is 22.9 Å². The molecular formula is C14H20FN3OS. The third kappa shape index (κ3) is 3.71. The van der Waals surface area contributed by atoms with E-state index in [1.54, 1.807) is 6.07 Å². The number of rotatable bonds is 4. The fourth-order valence-electron chi connectivity index (χ4n) is 2.33. The smallest absolute Gasteiger partial charge is 0.265 e. The first kappa shape index (κ1) is 15.3. The Morgan fingerprint density at radius 3 is 3.10 bits per heavy atom. The van der Waals surface area contributed by atoms with Crippen LogP contribution in [0, 0.1) is 5.82 Å². The summed E-state index contributed by atoms with van der Waals surface area (Å²) in [6, 6.07) is 4.36. The molecule has 3 N–H and O–H groups in total. The SMILES string of the molecule is CCC1CN(Cc2cc(C(=O)NN)ccc2F)CCS1. The Labute approximate surface area is 122 Å². The van der Waals surface area contributed by atoms with Gasteiger partial charge >= 0.3 is 0 Å². The zero-order valence-electron chi connectivity index (χ0n) is 11.6. The Kier molecular flexibility index (Phi) is 5.39. The van der Waals surface area contributed by atoms with Crippen LogP contribution in [0.4, 0.5) is 4.39 Å². The fourth-order valence-corrected chi connectivity index (χ4v) is 3.58. The lowest BCUT2D eigenvalue weighted by Gasteiger charge is -2.32. The number of benzene rings is 1. The van der Waals surface area contributed by atoms with Crippen LogP contribution in [0.3, 0.4) is 0 Å². The molecule has 0 aliphatic carbocycles. The lowest BCUT2D eigenvalue weighted by molar-refractivity contribution is 0.0953. The normalized spacial score (nSPS) is 19.9. The molecule has 110 valence electrons. The van der Waals surface area contributed by atoms with Crippen molar-refractivity contribution in [1.82, 2.24) is 10.3 Å². The third-order valence-corrected chi connectivity index (χ3v) is 4.88. The molecule has 1 heterocycles. The van der Waals surface area contributed by atoms with E-state index in [1.807, 2.05) is 11.8 Å². The van der Waals surface area contributed by atoms with Crippen LogP contribution in [0.5, 0.6) is 0 Å². The van der Waals surface area contributed by atoms with Crippen LogP contribution in [0.2, 0.25) is 0 Å². The van der Waals surface area contributed by atoms with Crippen molar-refractivity contribution in [3.8, 4) is 0 Å². The molecule has 1 aromatic carbocycles. The van der Waals surface area contributed by atoms with Crippen molar-refractivity contribution in [2.75, 3.05) is 18.8 Å². The molecule has 1 aliphatic rings. The minimum atomic E-state index is -0.396. The maximum atomic E-state index is 13.9. The summed E-state index contributed by atoms with van der Waals surface area (Å²) >= 11 is 1.98. The van der Waals surface area contributed by atoms with E-state index in [9.17, 15) is 9.18 Å². The minimum Gasteiger partial charge on any atom is -0.297 e. The first-order valence-electron chi connectivity index (χ1n) is 6.77. The Morgan fingerprint density at radius 1 is 1.60 bits per heavy atom. The molecular weight excluding hydrogens is 277 g/mol. The second-order valence-corrected chi connectivity index (χ2v) is 6.32. The second kappa shape index (κ2) is 7.06. The average molecular weight is 297 g/mol. The highest BCUT2D eigenvalue weighted by atomic mass is 32.2. The van der Waals surface area contributed by atoms with Crippen molar-refractivity contribution in [1.29, 1.82) is 0 Å². The van der Waals surface area contributed by atoms with Gasteiger partial charge in [-0.2, -0.15) is 11.8 Å². The monoisotopic (exact) mass is 297 g/mol. The zero-order chi connectivity index (χ0) is 14.5. The molecule has 1 aliphatic heterocycles. The molecule has 1 unspecified atom stereocenters. The number of amides is 1. The molecule has 0 radical (unpaired) electrons. The van der Waals surface area contributed by atoms with Gasteiger partial charge in [0.1, 0.15) is 5.82 Å². The van der Waals surface area contributed by atoms with E-state index >= 15 is 0 Å². The van der Waals surface area contributed by atoms with Crippen LogP contribution in [-0.4, -0.2) is 34.9 Å².